The molecule has 0 saturated heterocycles. The maximum absolute atomic E-state index is 5.20. The average Bonchev–Trinajstić information content (AvgIpc) is 2.38. The van der Waals surface area contributed by atoms with Crippen molar-refractivity contribution in [3.8, 4) is 23.5 Å². The molecule has 0 N–H and O–H groups in total. The first-order valence-electron chi connectivity index (χ1n) is 5.07. The highest BCUT2D eigenvalue weighted by atomic mass is 16.6. The molecule has 17 heavy (non-hydrogen) atoms. The molecule has 1 rings (SSSR count). The van der Waals surface area contributed by atoms with Crippen LogP contribution in [0.15, 0.2) is 23.4 Å². The van der Waals surface area contributed by atoms with Gasteiger partial charge in [0, 0.05) is 12.5 Å². The Morgan fingerprint density at radius 3 is 2.47 bits per heavy atom. The number of rotatable bonds is 4. The van der Waals surface area contributed by atoms with E-state index >= 15 is 0 Å². The van der Waals surface area contributed by atoms with E-state index in [1.807, 2.05) is 25.1 Å². The molecular formula is C13H15NO3. The highest BCUT2D eigenvalue weighted by molar-refractivity contribution is 5.98. The van der Waals surface area contributed by atoms with Gasteiger partial charge in [0.25, 0.3) is 0 Å². The molecule has 0 aromatic heterocycles. The second kappa shape index (κ2) is 6.44. The summed E-state index contributed by atoms with van der Waals surface area (Å²) in [5.74, 6) is 3.92. The molecule has 0 spiro atoms. The zero-order valence-corrected chi connectivity index (χ0v) is 10.4. The summed E-state index contributed by atoms with van der Waals surface area (Å²) in [7, 11) is 3.19. The monoisotopic (exact) mass is 233 g/mol. The molecule has 0 amide bonds. The van der Waals surface area contributed by atoms with Crippen LogP contribution in [0.5, 0.6) is 11.5 Å². The molecule has 0 saturated carbocycles. The zero-order valence-electron chi connectivity index (χ0n) is 10.4. The van der Waals surface area contributed by atoms with Gasteiger partial charge in [-0.25, -0.2) is 0 Å². The van der Waals surface area contributed by atoms with E-state index in [1.165, 1.54) is 0 Å². The predicted molar refractivity (Wildman–Crippen MR) is 66.3 cm³/mol. The average molecular weight is 233 g/mol. The number of hydrogen-bond acceptors (Lipinski definition) is 4. The molecule has 0 atom stereocenters. The summed E-state index contributed by atoms with van der Waals surface area (Å²) in [4.78, 5) is 4.78. The van der Waals surface area contributed by atoms with Gasteiger partial charge in [-0.2, -0.15) is 0 Å². The molecule has 0 heterocycles. The molecule has 90 valence electrons. The van der Waals surface area contributed by atoms with E-state index in [4.69, 9.17) is 14.3 Å². The van der Waals surface area contributed by atoms with Crippen LogP contribution in [0.2, 0.25) is 0 Å². The normalized spacial score (nSPS) is 10.2. The fourth-order valence-corrected chi connectivity index (χ4v) is 1.25. The Morgan fingerprint density at radius 1 is 1.18 bits per heavy atom. The van der Waals surface area contributed by atoms with Crippen molar-refractivity contribution in [2.45, 2.75) is 13.8 Å². The van der Waals surface area contributed by atoms with Gasteiger partial charge in [-0.1, -0.05) is 11.1 Å². The Hall–Kier alpha value is -2.15. The third kappa shape index (κ3) is 3.42. The minimum atomic E-state index is 0.654. The first-order valence-corrected chi connectivity index (χ1v) is 5.07. The number of ether oxygens (including phenoxy) is 2. The fourth-order valence-electron chi connectivity index (χ4n) is 1.25. The number of oxime groups is 1. The summed E-state index contributed by atoms with van der Waals surface area (Å²) in [5.41, 5.74) is 1.61. The molecule has 0 aliphatic carbocycles. The molecule has 4 nitrogen and oxygen atoms in total. The largest absolute Gasteiger partial charge is 0.493 e. The number of hydrogen-bond donors (Lipinski definition) is 0. The van der Waals surface area contributed by atoms with Gasteiger partial charge < -0.3 is 14.3 Å². The lowest BCUT2D eigenvalue weighted by atomic mass is 10.1. The third-order valence-corrected chi connectivity index (χ3v) is 2.13. The quantitative estimate of drug-likeness (QED) is 0.455. The molecule has 0 unspecified atom stereocenters. The number of nitrogens with zero attached hydrogens (tertiary/aromatic N) is 1. The lowest BCUT2D eigenvalue weighted by Crippen LogP contribution is -1.98. The molecule has 1 aromatic carbocycles. The minimum Gasteiger partial charge on any atom is -0.493 e. The topological polar surface area (TPSA) is 40.0 Å². The summed E-state index contributed by atoms with van der Waals surface area (Å²) < 4.78 is 10.4. The van der Waals surface area contributed by atoms with E-state index in [2.05, 4.69) is 17.2 Å². The first kappa shape index (κ1) is 12.9. The van der Waals surface area contributed by atoms with E-state index < -0.39 is 0 Å². The van der Waals surface area contributed by atoms with Crippen LogP contribution in [-0.2, 0) is 4.84 Å². The van der Waals surface area contributed by atoms with Crippen molar-refractivity contribution < 1.29 is 14.3 Å². The van der Waals surface area contributed by atoms with Crippen molar-refractivity contribution in [3.05, 3.63) is 23.8 Å². The molecule has 0 bridgehead atoms. The molecular weight excluding hydrogens is 218 g/mol. The van der Waals surface area contributed by atoms with Gasteiger partial charge in [-0.3, -0.25) is 0 Å². The summed E-state index contributed by atoms with van der Waals surface area (Å²) in [6.07, 6.45) is 2.41. The molecule has 0 aliphatic heterocycles. The van der Waals surface area contributed by atoms with Gasteiger partial charge in [0.15, 0.2) is 11.5 Å². The summed E-state index contributed by atoms with van der Waals surface area (Å²) in [5, 5.41) is 3.86. The maximum atomic E-state index is 5.20. The van der Waals surface area contributed by atoms with Crippen LogP contribution in [0.25, 0.3) is 0 Å². The van der Waals surface area contributed by atoms with Gasteiger partial charge in [0.2, 0.25) is 0 Å². The van der Waals surface area contributed by atoms with Crippen LogP contribution in [-0.4, -0.2) is 19.9 Å². The summed E-state index contributed by atoms with van der Waals surface area (Å²) >= 11 is 0. The van der Waals surface area contributed by atoms with Crippen molar-refractivity contribution in [3.63, 3.8) is 0 Å². The van der Waals surface area contributed by atoms with E-state index in [9.17, 15) is 0 Å². The molecule has 0 fully saturated rings. The van der Waals surface area contributed by atoms with Crippen molar-refractivity contribution in [1.29, 1.82) is 0 Å². The molecule has 0 aliphatic rings. The van der Waals surface area contributed by atoms with Crippen LogP contribution in [0, 0.1) is 12.0 Å². The van der Waals surface area contributed by atoms with E-state index in [0.29, 0.717) is 17.2 Å². The zero-order chi connectivity index (χ0) is 12.7. The van der Waals surface area contributed by atoms with Gasteiger partial charge in [-0.05, 0) is 25.1 Å². The highest BCUT2D eigenvalue weighted by Crippen LogP contribution is 2.27. The predicted octanol–water partition coefficient (Wildman–Crippen LogP) is 2.43. The Labute approximate surface area is 101 Å². The van der Waals surface area contributed by atoms with Crippen LogP contribution < -0.4 is 9.47 Å². The van der Waals surface area contributed by atoms with Crippen molar-refractivity contribution in [2.24, 2.45) is 5.16 Å². The molecule has 0 radical (unpaired) electrons. The Kier molecular flexibility index (Phi) is 4.89. The van der Waals surface area contributed by atoms with Crippen molar-refractivity contribution in [2.75, 3.05) is 14.2 Å². The third-order valence-electron chi connectivity index (χ3n) is 2.13. The Bertz CT molecular complexity index is 469. The Balaban J connectivity index is 2.97. The molecule has 1 aromatic rings. The SMILES string of the molecule is CC#CO/N=C(\C)c1ccc(OC)c(OC)c1. The maximum Gasteiger partial charge on any atom is 0.161 e. The number of methoxy groups -OCH3 is 2. The van der Waals surface area contributed by atoms with Gasteiger partial charge in [-0.15, -0.1) is 0 Å². The first-order chi connectivity index (χ1) is 8.22. The van der Waals surface area contributed by atoms with Crippen molar-refractivity contribution >= 4 is 5.71 Å². The van der Waals surface area contributed by atoms with Crippen LogP contribution in [0.1, 0.15) is 19.4 Å². The minimum absolute atomic E-state index is 0.654. The van der Waals surface area contributed by atoms with Crippen molar-refractivity contribution in [1.82, 2.24) is 0 Å². The van der Waals surface area contributed by atoms with Gasteiger partial charge >= 0.3 is 0 Å². The van der Waals surface area contributed by atoms with Gasteiger partial charge in [0.05, 0.1) is 19.9 Å². The second-order valence-corrected chi connectivity index (χ2v) is 3.19. The smallest absolute Gasteiger partial charge is 0.161 e. The fraction of sp³-hybridized carbons (Fsp3) is 0.308. The standard InChI is InChI=1S/C13H15NO3/c1-5-8-17-14-10(2)11-6-7-12(15-3)13(9-11)16-4/h6-7,9H,1-4H3/b14-10+. The van der Waals surface area contributed by atoms with Crippen LogP contribution in [0.4, 0.5) is 0 Å². The van der Waals surface area contributed by atoms with Crippen LogP contribution in [0.3, 0.4) is 0 Å². The van der Waals surface area contributed by atoms with Crippen LogP contribution >= 0.6 is 0 Å². The second-order valence-electron chi connectivity index (χ2n) is 3.19. The van der Waals surface area contributed by atoms with E-state index in [1.54, 1.807) is 21.1 Å². The number of benzene rings is 1. The Morgan fingerprint density at radius 2 is 1.88 bits per heavy atom. The molecule has 4 heteroatoms. The highest BCUT2D eigenvalue weighted by Gasteiger charge is 2.06. The van der Waals surface area contributed by atoms with Gasteiger partial charge in [0.1, 0.15) is 6.11 Å². The lowest BCUT2D eigenvalue weighted by molar-refractivity contribution is 0.298. The van der Waals surface area contributed by atoms with E-state index in [-0.39, 0.29) is 0 Å². The summed E-state index contributed by atoms with van der Waals surface area (Å²) in [6.45, 7) is 3.51. The lowest BCUT2D eigenvalue weighted by Gasteiger charge is -2.08. The summed E-state index contributed by atoms with van der Waals surface area (Å²) in [6, 6.07) is 5.53. The van der Waals surface area contributed by atoms with E-state index in [0.717, 1.165) is 5.56 Å².